The molecular weight excluding hydrogens is 418 g/mol. The van der Waals surface area contributed by atoms with E-state index < -0.39 is 11.2 Å². The highest BCUT2D eigenvalue weighted by Crippen LogP contribution is 2.36. The number of aryl methyl sites for hydroxylation is 1. The lowest BCUT2D eigenvalue weighted by atomic mass is 9.86. The zero-order chi connectivity index (χ0) is 23.7. The second-order valence-electron chi connectivity index (χ2n) is 8.79. The van der Waals surface area contributed by atoms with E-state index in [9.17, 15) is 14.7 Å². The summed E-state index contributed by atoms with van der Waals surface area (Å²) in [5, 5.41) is 23.5. The molecule has 33 heavy (non-hydrogen) atoms. The number of aromatic nitrogens is 4. The summed E-state index contributed by atoms with van der Waals surface area (Å²) >= 11 is 0. The van der Waals surface area contributed by atoms with Gasteiger partial charge in [0.05, 0.1) is 11.4 Å². The Morgan fingerprint density at radius 2 is 1.88 bits per heavy atom. The molecule has 2 aromatic heterocycles. The maximum Gasteiger partial charge on any atom is 0.349 e. The summed E-state index contributed by atoms with van der Waals surface area (Å²) in [5.74, 6) is 0.569. The van der Waals surface area contributed by atoms with Gasteiger partial charge in [0.25, 0.3) is 5.56 Å². The molecule has 0 atom stereocenters. The van der Waals surface area contributed by atoms with Crippen LogP contribution in [0.1, 0.15) is 77.4 Å². The van der Waals surface area contributed by atoms with Gasteiger partial charge in [0.15, 0.2) is 0 Å². The number of rotatable bonds is 4. The van der Waals surface area contributed by atoms with Crippen LogP contribution in [0.15, 0.2) is 27.8 Å². The summed E-state index contributed by atoms with van der Waals surface area (Å²) in [5.41, 5.74) is 4.19. The number of aromatic hydroxyl groups is 1. The maximum absolute atomic E-state index is 12.4. The van der Waals surface area contributed by atoms with Crippen molar-refractivity contribution >= 4 is 0 Å². The molecule has 1 aliphatic rings. The molecular formula is C25H27N5O3. The Balaban J connectivity index is 1.73. The normalized spacial score (nSPS) is 14.2. The van der Waals surface area contributed by atoms with Crippen LogP contribution in [0.4, 0.5) is 0 Å². The van der Waals surface area contributed by atoms with E-state index in [2.05, 4.69) is 10.1 Å². The van der Waals surface area contributed by atoms with Crippen LogP contribution in [0.3, 0.4) is 0 Å². The average molecular weight is 446 g/mol. The zero-order valence-corrected chi connectivity index (χ0v) is 19.1. The lowest BCUT2D eigenvalue weighted by Crippen LogP contribution is -2.33. The zero-order valence-electron chi connectivity index (χ0n) is 19.1. The van der Waals surface area contributed by atoms with Crippen LogP contribution in [0.25, 0.3) is 5.69 Å². The van der Waals surface area contributed by atoms with Crippen molar-refractivity contribution in [2.75, 3.05) is 0 Å². The van der Waals surface area contributed by atoms with Gasteiger partial charge in [-0.15, -0.1) is 5.10 Å². The number of nitrogens with zero attached hydrogens (tertiary/aromatic N) is 4. The first-order valence-electron chi connectivity index (χ1n) is 11.2. The van der Waals surface area contributed by atoms with Crippen molar-refractivity contribution < 1.29 is 5.11 Å². The van der Waals surface area contributed by atoms with Gasteiger partial charge in [-0.1, -0.05) is 19.3 Å². The van der Waals surface area contributed by atoms with E-state index in [1.165, 1.54) is 19.3 Å². The molecule has 3 aromatic rings. The number of pyridine rings is 1. The third-order valence-corrected chi connectivity index (χ3v) is 6.70. The van der Waals surface area contributed by atoms with E-state index in [1.54, 1.807) is 12.1 Å². The monoisotopic (exact) mass is 445 g/mol. The molecule has 0 saturated heterocycles. The first-order chi connectivity index (χ1) is 15.8. The molecule has 1 aromatic carbocycles. The topological polar surface area (TPSA) is 125 Å². The molecule has 2 heterocycles. The molecule has 1 saturated carbocycles. The molecule has 8 heteroatoms. The summed E-state index contributed by atoms with van der Waals surface area (Å²) in [6.07, 6.45) is 6.28. The van der Waals surface area contributed by atoms with Crippen molar-refractivity contribution in [3.63, 3.8) is 0 Å². The Morgan fingerprint density at radius 3 is 2.58 bits per heavy atom. The number of aromatic amines is 1. The fourth-order valence-corrected chi connectivity index (χ4v) is 4.71. The van der Waals surface area contributed by atoms with Crippen LogP contribution in [0.2, 0.25) is 0 Å². The van der Waals surface area contributed by atoms with E-state index in [0.29, 0.717) is 18.0 Å². The number of H-pyrrole nitrogens is 1. The molecule has 8 nitrogen and oxygen atoms in total. The summed E-state index contributed by atoms with van der Waals surface area (Å²) in [4.78, 5) is 31.1. The fourth-order valence-electron chi connectivity index (χ4n) is 4.71. The molecule has 170 valence electrons. The molecule has 0 spiro atoms. The van der Waals surface area contributed by atoms with E-state index >= 15 is 0 Å². The predicted octanol–water partition coefficient (Wildman–Crippen LogP) is 3.46. The Kier molecular flexibility index (Phi) is 6.14. The first-order valence-corrected chi connectivity index (χ1v) is 11.2. The highest BCUT2D eigenvalue weighted by Gasteiger charge is 2.21. The number of nitriles is 1. The van der Waals surface area contributed by atoms with Crippen LogP contribution in [0.5, 0.6) is 5.75 Å². The van der Waals surface area contributed by atoms with Crippen molar-refractivity contribution in [2.45, 2.75) is 65.2 Å². The number of benzene rings is 1. The van der Waals surface area contributed by atoms with Crippen LogP contribution >= 0.6 is 0 Å². The number of hydrogen-bond acceptors (Lipinski definition) is 6. The average Bonchev–Trinajstić information content (AvgIpc) is 2.81. The largest absolute Gasteiger partial charge is 0.506 e. The summed E-state index contributed by atoms with van der Waals surface area (Å²) in [6.45, 7) is 5.82. The van der Waals surface area contributed by atoms with Crippen LogP contribution in [-0.2, 0) is 6.42 Å². The first kappa shape index (κ1) is 22.5. The standard InChI is InChI=1S/C25H27N5O3/c1-14-11-21(30-25(33)28-24(32)20(13-26)29-30)16(3)15(2)19(14)12-18-9-10-22(31)23(27-18)17-7-5-4-6-8-17/h9-11,17,31H,4-8,12H2,1-3H3,(H,28,32,33). The second kappa shape index (κ2) is 9.02. The molecule has 4 rings (SSSR count). The second-order valence-corrected chi connectivity index (χ2v) is 8.79. The smallest absolute Gasteiger partial charge is 0.349 e. The van der Waals surface area contributed by atoms with Gasteiger partial charge in [-0.05, 0) is 74.1 Å². The van der Waals surface area contributed by atoms with E-state index in [4.69, 9.17) is 10.2 Å². The Morgan fingerprint density at radius 1 is 1.15 bits per heavy atom. The van der Waals surface area contributed by atoms with Gasteiger partial charge in [0, 0.05) is 18.0 Å². The van der Waals surface area contributed by atoms with Gasteiger partial charge >= 0.3 is 5.69 Å². The van der Waals surface area contributed by atoms with E-state index in [-0.39, 0.29) is 11.4 Å². The quantitative estimate of drug-likeness (QED) is 0.634. The van der Waals surface area contributed by atoms with Gasteiger partial charge in [-0.2, -0.15) is 9.94 Å². The van der Waals surface area contributed by atoms with Crippen LogP contribution < -0.4 is 11.2 Å². The third-order valence-electron chi connectivity index (χ3n) is 6.70. The Labute approximate surface area is 191 Å². The summed E-state index contributed by atoms with van der Waals surface area (Å²) in [6, 6.07) is 7.16. The molecule has 0 radical (unpaired) electrons. The summed E-state index contributed by atoms with van der Waals surface area (Å²) < 4.78 is 1.07. The molecule has 0 aliphatic heterocycles. The van der Waals surface area contributed by atoms with Crippen LogP contribution in [0, 0.1) is 32.1 Å². The molecule has 0 unspecified atom stereocenters. The minimum Gasteiger partial charge on any atom is -0.506 e. The Bertz CT molecular complexity index is 1370. The maximum atomic E-state index is 12.4. The van der Waals surface area contributed by atoms with Crippen molar-refractivity contribution in [3.8, 4) is 17.5 Å². The predicted molar refractivity (Wildman–Crippen MR) is 124 cm³/mol. The van der Waals surface area contributed by atoms with Crippen molar-refractivity contribution in [2.24, 2.45) is 0 Å². The third kappa shape index (κ3) is 4.31. The van der Waals surface area contributed by atoms with Crippen molar-refractivity contribution in [3.05, 3.63) is 78.4 Å². The highest BCUT2D eigenvalue weighted by molar-refractivity contribution is 5.53. The van der Waals surface area contributed by atoms with Crippen molar-refractivity contribution in [1.82, 2.24) is 19.7 Å². The van der Waals surface area contributed by atoms with Gasteiger partial charge in [0.1, 0.15) is 11.8 Å². The van der Waals surface area contributed by atoms with Gasteiger partial charge in [-0.25, -0.2) is 4.79 Å². The van der Waals surface area contributed by atoms with Crippen molar-refractivity contribution in [1.29, 1.82) is 5.26 Å². The van der Waals surface area contributed by atoms with E-state index in [1.807, 2.05) is 32.9 Å². The van der Waals surface area contributed by atoms with Crippen LogP contribution in [-0.4, -0.2) is 24.9 Å². The SMILES string of the molecule is Cc1cc(-n2nc(C#N)c(=O)[nH]c2=O)c(C)c(C)c1Cc1ccc(O)c(C2CCCCC2)n1. The Hall–Kier alpha value is -3.73. The lowest BCUT2D eigenvalue weighted by Gasteiger charge is -2.22. The number of hydrogen-bond donors (Lipinski definition) is 2. The molecule has 1 aliphatic carbocycles. The molecule has 0 amide bonds. The fraction of sp³-hybridized carbons (Fsp3) is 0.400. The summed E-state index contributed by atoms with van der Waals surface area (Å²) in [7, 11) is 0. The van der Waals surface area contributed by atoms with Gasteiger partial charge in [-0.3, -0.25) is 14.8 Å². The minimum absolute atomic E-state index is 0.266. The number of nitrogens with one attached hydrogen (secondary N) is 1. The minimum atomic E-state index is -0.798. The molecule has 2 N–H and O–H groups in total. The molecule has 0 bridgehead atoms. The van der Waals surface area contributed by atoms with Gasteiger partial charge in [0.2, 0.25) is 5.69 Å². The van der Waals surface area contributed by atoms with Gasteiger partial charge < -0.3 is 5.11 Å². The molecule has 1 fully saturated rings. The van der Waals surface area contributed by atoms with E-state index in [0.717, 1.165) is 51.2 Å². The lowest BCUT2D eigenvalue weighted by molar-refractivity contribution is 0.405. The highest BCUT2D eigenvalue weighted by atomic mass is 16.3.